The topological polar surface area (TPSA) is 63.0 Å². The quantitative estimate of drug-likeness (QED) is 0.623. The summed E-state index contributed by atoms with van der Waals surface area (Å²) in [5, 5.41) is 5.31. The van der Waals surface area contributed by atoms with E-state index in [1.54, 1.807) is 4.52 Å². The molecular formula is C23H26ClN5O2. The average molecular weight is 440 g/mol. The number of piperidine rings is 1. The molecule has 0 spiro atoms. The van der Waals surface area contributed by atoms with Crippen LogP contribution in [-0.4, -0.2) is 56.5 Å². The second-order valence-electron chi connectivity index (χ2n) is 8.56. The van der Waals surface area contributed by atoms with Crippen LogP contribution in [0.2, 0.25) is 5.02 Å². The molecule has 1 atom stereocenters. The summed E-state index contributed by atoms with van der Waals surface area (Å²) in [6.45, 7) is 6.72. The number of likely N-dealkylation sites (tertiary alicyclic amines) is 1. The molecule has 0 bridgehead atoms. The Hall–Kier alpha value is -2.64. The minimum atomic E-state index is -0.0432. The van der Waals surface area contributed by atoms with E-state index < -0.39 is 0 Å². The molecule has 0 radical (unpaired) electrons. The fourth-order valence-electron chi connectivity index (χ4n) is 4.57. The van der Waals surface area contributed by atoms with Crippen molar-refractivity contribution in [2.45, 2.75) is 45.9 Å². The maximum atomic E-state index is 13.4. The van der Waals surface area contributed by atoms with Crippen LogP contribution in [0.4, 0.5) is 0 Å². The van der Waals surface area contributed by atoms with Gasteiger partial charge in [0.1, 0.15) is 11.9 Å². The molecule has 1 unspecified atom stereocenters. The molecule has 1 amide bonds. The number of carbonyl (C=O) groups is 1. The first-order valence-electron chi connectivity index (χ1n) is 10.7. The first-order chi connectivity index (χ1) is 14.9. The third-order valence-electron chi connectivity index (χ3n) is 6.24. The summed E-state index contributed by atoms with van der Waals surface area (Å²) in [5.41, 5.74) is 4.88. The first-order valence-corrected chi connectivity index (χ1v) is 11.1. The third kappa shape index (κ3) is 3.55. The molecule has 162 valence electrons. The predicted molar refractivity (Wildman–Crippen MR) is 119 cm³/mol. The lowest BCUT2D eigenvalue weighted by Crippen LogP contribution is -2.39. The van der Waals surface area contributed by atoms with Gasteiger partial charge >= 0.3 is 0 Å². The molecule has 1 fully saturated rings. The molecule has 4 heterocycles. The normalized spacial score (nSPS) is 19.1. The third-order valence-corrected chi connectivity index (χ3v) is 6.78. The van der Waals surface area contributed by atoms with Gasteiger partial charge in [-0.05, 0) is 52.4 Å². The van der Waals surface area contributed by atoms with Crippen LogP contribution in [0.3, 0.4) is 0 Å². The molecule has 3 aromatic rings. The number of likely N-dealkylation sites (N-methyl/N-ethyl adjacent to an activating group) is 1. The summed E-state index contributed by atoms with van der Waals surface area (Å²) >= 11 is 6.34. The van der Waals surface area contributed by atoms with Crippen LogP contribution in [0, 0.1) is 13.8 Å². The van der Waals surface area contributed by atoms with Crippen molar-refractivity contribution in [1.29, 1.82) is 0 Å². The lowest BCUT2D eigenvalue weighted by molar-refractivity contribution is 0.0728. The van der Waals surface area contributed by atoms with Crippen LogP contribution in [0.15, 0.2) is 24.3 Å². The van der Waals surface area contributed by atoms with Crippen molar-refractivity contribution in [1.82, 2.24) is 24.4 Å². The highest BCUT2D eigenvalue weighted by atomic mass is 35.5. The zero-order valence-corrected chi connectivity index (χ0v) is 18.8. The number of aryl methyl sites for hydroxylation is 2. The average Bonchev–Trinajstić information content (AvgIpc) is 3.31. The number of halogens is 1. The van der Waals surface area contributed by atoms with E-state index in [0.717, 1.165) is 54.2 Å². The number of para-hydroxylation sites is 1. The molecule has 2 aliphatic heterocycles. The molecule has 0 N–H and O–H groups in total. The summed E-state index contributed by atoms with van der Waals surface area (Å²) in [7, 11) is 2.11. The van der Waals surface area contributed by atoms with E-state index in [9.17, 15) is 4.79 Å². The fraction of sp³-hybridized carbons (Fsp3) is 0.435. The Morgan fingerprint density at radius 2 is 2.03 bits per heavy atom. The number of nitrogens with zero attached hydrogens (tertiary/aromatic N) is 5. The van der Waals surface area contributed by atoms with Gasteiger partial charge in [-0.3, -0.25) is 4.79 Å². The van der Waals surface area contributed by atoms with Crippen molar-refractivity contribution in [2.75, 3.05) is 20.1 Å². The van der Waals surface area contributed by atoms with Crippen molar-refractivity contribution >= 4 is 23.2 Å². The van der Waals surface area contributed by atoms with Crippen LogP contribution in [-0.2, 0) is 13.1 Å². The fourth-order valence-corrected chi connectivity index (χ4v) is 4.69. The minimum Gasteiger partial charge on any atom is -0.488 e. The van der Waals surface area contributed by atoms with Gasteiger partial charge in [-0.2, -0.15) is 5.10 Å². The largest absolute Gasteiger partial charge is 0.488 e. The number of benzene rings is 1. The Balaban J connectivity index is 1.40. The smallest absolute Gasteiger partial charge is 0.258 e. The molecule has 31 heavy (non-hydrogen) atoms. The van der Waals surface area contributed by atoms with Gasteiger partial charge < -0.3 is 14.5 Å². The molecule has 8 heteroatoms. The molecule has 2 aromatic heterocycles. The number of hydrogen-bond donors (Lipinski definition) is 0. The van der Waals surface area contributed by atoms with Crippen molar-refractivity contribution in [3.05, 3.63) is 57.5 Å². The maximum Gasteiger partial charge on any atom is 0.258 e. The molecule has 5 rings (SSSR count). The van der Waals surface area contributed by atoms with Gasteiger partial charge in [-0.1, -0.05) is 23.7 Å². The first kappa shape index (κ1) is 20.3. The van der Waals surface area contributed by atoms with Crippen LogP contribution < -0.4 is 4.74 Å². The van der Waals surface area contributed by atoms with E-state index in [2.05, 4.69) is 22.0 Å². The Morgan fingerprint density at radius 3 is 2.84 bits per heavy atom. The summed E-state index contributed by atoms with van der Waals surface area (Å²) in [4.78, 5) is 22.1. The van der Waals surface area contributed by atoms with Gasteiger partial charge in [0.05, 0.1) is 40.8 Å². The van der Waals surface area contributed by atoms with Crippen LogP contribution in [0.5, 0.6) is 5.75 Å². The minimum absolute atomic E-state index is 0.0432. The lowest BCUT2D eigenvalue weighted by Gasteiger charge is -2.30. The van der Waals surface area contributed by atoms with E-state index in [1.165, 1.54) is 0 Å². The maximum absolute atomic E-state index is 13.4. The van der Waals surface area contributed by atoms with Gasteiger partial charge in [-0.25, -0.2) is 9.50 Å². The number of aromatic nitrogens is 3. The van der Waals surface area contributed by atoms with E-state index in [4.69, 9.17) is 16.3 Å². The van der Waals surface area contributed by atoms with Gasteiger partial charge in [0, 0.05) is 12.1 Å². The number of fused-ring (bicyclic) bond motifs is 3. The van der Waals surface area contributed by atoms with E-state index in [1.807, 2.05) is 43.0 Å². The molecule has 0 aliphatic carbocycles. The number of rotatable bonds is 3. The summed E-state index contributed by atoms with van der Waals surface area (Å²) < 4.78 is 8.07. The number of ether oxygens (including phenoxy) is 1. The summed E-state index contributed by atoms with van der Waals surface area (Å²) in [5.74, 6) is 0.612. The summed E-state index contributed by atoms with van der Waals surface area (Å²) in [6, 6.07) is 7.54. The highest BCUT2D eigenvalue weighted by molar-refractivity contribution is 6.31. The zero-order chi connectivity index (χ0) is 21.7. The van der Waals surface area contributed by atoms with Gasteiger partial charge in [0.15, 0.2) is 5.65 Å². The van der Waals surface area contributed by atoms with Crippen LogP contribution in [0.25, 0.3) is 5.65 Å². The summed E-state index contributed by atoms with van der Waals surface area (Å²) in [6.07, 6.45) is 2.22. The molecule has 0 saturated carbocycles. The standard InChI is InChI=1S/C23H26ClN5O2/c1-14-21(24)15(2)29-22(25-14)18-12-28(13-19(18)26-29)23(30)17-8-4-5-9-20(17)31-16-7-6-10-27(3)11-16/h4-5,8-9,16H,6-7,10-13H2,1-3H3. The van der Waals surface area contributed by atoms with Gasteiger partial charge in [-0.15, -0.1) is 0 Å². The number of amides is 1. The SMILES string of the molecule is Cc1nc2c3c(nn2c(C)c1Cl)CN(C(=O)c1ccccc1OC1CCCN(C)C1)C3. The molecule has 1 saturated heterocycles. The van der Waals surface area contributed by atoms with Gasteiger partial charge in [0.25, 0.3) is 5.91 Å². The molecule has 1 aromatic carbocycles. The molecule has 2 aliphatic rings. The van der Waals surface area contributed by atoms with E-state index >= 15 is 0 Å². The molecule has 7 nitrogen and oxygen atoms in total. The van der Waals surface area contributed by atoms with E-state index in [-0.39, 0.29) is 12.0 Å². The monoisotopic (exact) mass is 439 g/mol. The van der Waals surface area contributed by atoms with Crippen LogP contribution in [0.1, 0.15) is 45.8 Å². The van der Waals surface area contributed by atoms with Crippen molar-refractivity contribution < 1.29 is 9.53 Å². The Labute approximate surface area is 186 Å². The van der Waals surface area contributed by atoms with Crippen molar-refractivity contribution in [2.24, 2.45) is 0 Å². The Morgan fingerprint density at radius 1 is 1.23 bits per heavy atom. The van der Waals surface area contributed by atoms with Crippen molar-refractivity contribution in [3.8, 4) is 5.75 Å². The van der Waals surface area contributed by atoms with Crippen molar-refractivity contribution in [3.63, 3.8) is 0 Å². The Kier molecular flexibility index (Phi) is 5.10. The second kappa shape index (κ2) is 7.80. The highest BCUT2D eigenvalue weighted by Gasteiger charge is 2.32. The van der Waals surface area contributed by atoms with Gasteiger partial charge in [0.2, 0.25) is 0 Å². The lowest BCUT2D eigenvalue weighted by atomic mass is 10.1. The Bertz CT molecular complexity index is 1170. The second-order valence-corrected chi connectivity index (χ2v) is 8.94. The number of hydrogen-bond acceptors (Lipinski definition) is 5. The molecular weight excluding hydrogens is 414 g/mol. The zero-order valence-electron chi connectivity index (χ0n) is 18.1. The highest BCUT2D eigenvalue weighted by Crippen LogP contribution is 2.31. The number of carbonyl (C=O) groups excluding carboxylic acids is 1. The van der Waals surface area contributed by atoms with E-state index in [0.29, 0.717) is 29.4 Å². The van der Waals surface area contributed by atoms with Crippen LogP contribution >= 0.6 is 11.6 Å². The predicted octanol–water partition coefficient (Wildman–Crippen LogP) is 3.63.